The van der Waals surface area contributed by atoms with Crippen LogP contribution in [0.15, 0.2) is 48.7 Å². The molecular weight excluding hydrogens is 643 g/mol. The zero-order chi connectivity index (χ0) is 35.6. The number of carbonyl (C=O) groups is 2. The van der Waals surface area contributed by atoms with Gasteiger partial charge in [-0.15, -0.1) is 0 Å². The maximum atomic E-state index is 14.0. The van der Waals surface area contributed by atoms with Crippen molar-refractivity contribution < 1.29 is 45.1 Å². The fraction of sp³-hybridized carbons (Fsp3) is 0.457. The topological polar surface area (TPSA) is 71.5 Å². The SMILES string of the molecule is CCOC(=O)CC1CCN(c2cc(-c3ccc(F)cc3C)c(NCC(=O)C(C)(C)c3cc(C(F)(F)F)cc(C(F)(F)F)c3)cn2)CC1C. The molecule has 2 unspecified atom stereocenters. The van der Waals surface area contributed by atoms with E-state index in [9.17, 15) is 40.3 Å². The number of piperidine rings is 1. The molecule has 3 aromatic rings. The number of carbonyl (C=O) groups excluding carboxylic acids is 2. The number of pyridine rings is 1. The van der Waals surface area contributed by atoms with Gasteiger partial charge in [0.25, 0.3) is 0 Å². The third-order valence-corrected chi connectivity index (χ3v) is 8.96. The molecule has 2 heterocycles. The van der Waals surface area contributed by atoms with E-state index >= 15 is 0 Å². The summed E-state index contributed by atoms with van der Waals surface area (Å²) in [7, 11) is 0. The summed E-state index contributed by atoms with van der Waals surface area (Å²) in [4.78, 5) is 32.2. The van der Waals surface area contributed by atoms with Crippen molar-refractivity contribution in [3.63, 3.8) is 0 Å². The van der Waals surface area contributed by atoms with Gasteiger partial charge in [-0.1, -0.05) is 13.0 Å². The van der Waals surface area contributed by atoms with Gasteiger partial charge in [-0.3, -0.25) is 9.59 Å². The molecule has 48 heavy (non-hydrogen) atoms. The molecule has 1 saturated heterocycles. The monoisotopic (exact) mass is 681 g/mol. The maximum absolute atomic E-state index is 14.0. The normalized spacial score (nSPS) is 17.3. The Hall–Kier alpha value is -4.16. The number of alkyl halides is 6. The van der Waals surface area contributed by atoms with Crippen LogP contribution in [0, 0.1) is 24.6 Å². The molecule has 0 bridgehead atoms. The van der Waals surface area contributed by atoms with E-state index in [4.69, 9.17) is 4.74 Å². The quantitative estimate of drug-likeness (QED) is 0.171. The second kappa shape index (κ2) is 14.1. The summed E-state index contributed by atoms with van der Waals surface area (Å²) >= 11 is 0. The maximum Gasteiger partial charge on any atom is 0.416 e. The molecule has 1 aliphatic rings. The molecule has 13 heteroatoms. The van der Waals surface area contributed by atoms with Crippen molar-refractivity contribution in [1.29, 1.82) is 0 Å². The van der Waals surface area contributed by atoms with Crippen LogP contribution in [-0.4, -0.2) is 43.0 Å². The number of anilines is 2. The van der Waals surface area contributed by atoms with Crippen molar-refractivity contribution in [1.82, 2.24) is 4.98 Å². The predicted octanol–water partition coefficient (Wildman–Crippen LogP) is 8.61. The summed E-state index contributed by atoms with van der Waals surface area (Å²) in [6.45, 7) is 9.14. The molecule has 1 fully saturated rings. The first-order valence-corrected chi connectivity index (χ1v) is 15.6. The minimum Gasteiger partial charge on any atom is -0.466 e. The van der Waals surface area contributed by atoms with Gasteiger partial charge in [0.05, 0.1) is 41.6 Å². The predicted molar refractivity (Wildman–Crippen MR) is 168 cm³/mol. The Morgan fingerprint density at radius 2 is 1.58 bits per heavy atom. The standard InChI is InChI=1S/C35H38F7N3O3/c1-6-48-32(47)12-22-9-10-45(19-21(22)3)31-16-28(27-8-7-26(36)11-20(27)2)29(17-44-31)43-18-30(46)33(4,5)23-13-24(34(37,38)39)15-25(14-23)35(40,41)42/h7-8,11,13-17,21-22,43H,6,9-10,12,18-19H2,1-5H3. The summed E-state index contributed by atoms with van der Waals surface area (Å²) < 4.78 is 100. The fourth-order valence-corrected chi connectivity index (χ4v) is 5.92. The van der Waals surface area contributed by atoms with Crippen LogP contribution in [0.2, 0.25) is 0 Å². The number of aryl methyl sites for hydroxylation is 1. The highest BCUT2D eigenvalue weighted by molar-refractivity contribution is 5.94. The van der Waals surface area contributed by atoms with E-state index in [1.807, 2.05) is 6.92 Å². The summed E-state index contributed by atoms with van der Waals surface area (Å²) in [5, 5.41) is 2.98. The van der Waals surface area contributed by atoms with Crippen molar-refractivity contribution in [3.05, 3.63) is 76.7 Å². The number of esters is 1. The van der Waals surface area contributed by atoms with Crippen LogP contribution in [0.1, 0.15) is 62.8 Å². The molecule has 1 aliphatic heterocycles. The smallest absolute Gasteiger partial charge is 0.416 e. The van der Waals surface area contributed by atoms with Crippen LogP contribution in [0.25, 0.3) is 11.1 Å². The van der Waals surface area contributed by atoms with Crippen molar-refractivity contribution in [2.75, 3.05) is 36.5 Å². The molecule has 260 valence electrons. The zero-order valence-electron chi connectivity index (χ0n) is 27.3. The second-order valence-electron chi connectivity index (χ2n) is 12.7. The molecule has 2 aromatic carbocycles. The van der Waals surface area contributed by atoms with Crippen LogP contribution in [-0.2, 0) is 32.1 Å². The number of aromatic nitrogens is 1. The lowest BCUT2D eigenvalue weighted by Crippen LogP contribution is -2.40. The Labute approximate surface area is 274 Å². The highest BCUT2D eigenvalue weighted by Gasteiger charge is 2.40. The Kier molecular flexibility index (Phi) is 10.8. The molecule has 4 rings (SSSR count). The third-order valence-electron chi connectivity index (χ3n) is 8.96. The van der Waals surface area contributed by atoms with E-state index in [0.717, 1.165) is 6.42 Å². The van der Waals surface area contributed by atoms with E-state index in [1.165, 1.54) is 32.2 Å². The van der Waals surface area contributed by atoms with Gasteiger partial charge in [-0.25, -0.2) is 9.37 Å². The van der Waals surface area contributed by atoms with E-state index < -0.39 is 52.6 Å². The number of hydrogen-bond donors (Lipinski definition) is 1. The van der Waals surface area contributed by atoms with Crippen molar-refractivity contribution in [2.45, 2.75) is 65.2 Å². The van der Waals surface area contributed by atoms with Crippen molar-refractivity contribution in [2.24, 2.45) is 11.8 Å². The van der Waals surface area contributed by atoms with Crippen LogP contribution in [0.5, 0.6) is 0 Å². The van der Waals surface area contributed by atoms with Gasteiger partial charge >= 0.3 is 18.3 Å². The lowest BCUT2D eigenvalue weighted by atomic mass is 9.79. The van der Waals surface area contributed by atoms with E-state index in [-0.39, 0.29) is 23.9 Å². The lowest BCUT2D eigenvalue weighted by Gasteiger charge is -2.37. The second-order valence-corrected chi connectivity index (χ2v) is 12.7. The molecule has 0 spiro atoms. The number of benzene rings is 2. The average Bonchev–Trinajstić information content (AvgIpc) is 3.00. The summed E-state index contributed by atoms with van der Waals surface area (Å²) in [5.74, 6) is -0.467. The molecule has 0 aliphatic carbocycles. The van der Waals surface area contributed by atoms with E-state index in [2.05, 4.69) is 15.2 Å². The first-order valence-electron chi connectivity index (χ1n) is 15.6. The highest BCUT2D eigenvalue weighted by atomic mass is 19.4. The minimum atomic E-state index is -5.06. The zero-order valence-corrected chi connectivity index (χ0v) is 27.3. The van der Waals surface area contributed by atoms with Gasteiger partial charge in [0.1, 0.15) is 11.6 Å². The molecule has 6 nitrogen and oxygen atoms in total. The third kappa shape index (κ3) is 8.46. The first kappa shape index (κ1) is 36.7. The molecular formula is C35H38F7N3O3. The van der Waals surface area contributed by atoms with Crippen LogP contribution >= 0.6 is 0 Å². The summed E-state index contributed by atoms with van der Waals surface area (Å²) in [5.41, 5.74) is -3.02. The number of nitrogens with one attached hydrogen (secondary N) is 1. The van der Waals surface area contributed by atoms with E-state index in [1.54, 1.807) is 26.0 Å². The molecule has 0 radical (unpaired) electrons. The van der Waals surface area contributed by atoms with Gasteiger partial charge in [0.15, 0.2) is 5.78 Å². The molecule has 0 amide bonds. The van der Waals surface area contributed by atoms with Crippen molar-refractivity contribution >= 4 is 23.3 Å². The van der Waals surface area contributed by atoms with Gasteiger partial charge in [-0.05, 0) is 99.0 Å². The fourth-order valence-electron chi connectivity index (χ4n) is 5.92. The number of halogens is 7. The van der Waals surface area contributed by atoms with Crippen LogP contribution < -0.4 is 10.2 Å². The minimum absolute atomic E-state index is 0.0243. The molecule has 1 aromatic heterocycles. The first-order chi connectivity index (χ1) is 22.3. The molecule has 0 saturated carbocycles. The number of rotatable bonds is 10. The summed E-state index contributed by atoms with van der Waals surface area (Å²) in [6.07, 6.45) is -7.58. The van der Waals surface area contributed by atoms with Gasteiger partial charge in [0, 0.05) is 25.1 Å². The largest absolute Gasteiger partial charge is 0.466 e. The van der Waals surface area contributed by atoms with Crippen molar-refractivity contribution in [3.8, 4) is 11.1 Å². The van der Waals surface area contributed by atoms with Gasteiger partial charge in [0.2, 0.25) is 0 Å². The number of hydrogen-bond acceptors (Lipinski definition) is 6. The Balaban J connectivity index is 1.62. The highest BCUT2D eigenvalue weighted by Crippen LogP contribution is 2.40. The summed E-state index contributed by atoms with van der Waals surface area (Å²) in [6, 6.07) is 7.16. The number of ketones is 1. The van der Waals surface area contributed by atoms with E-state index in [0.29, 0.717) is 66.4 Å². The molecule has 1 N–H and O–H groups in total. The van der Waals surface area contributed by atoms with Gasteiger partial charge in [-0.2, -0.15) is 26.3 Å². The van der Waals surface area contributed by atoms with Gasteiger partial charge < -0.3 is 15.0 Å². The number of Topliss-reactive ketones (excluding diaryl/α,β-unsaturated/α-hetero) is 1. The number of nitrogens with zero attached hydrogens (tertiary/aromatic N) is 2. The van der Waals surface area contributed by atoms with Crippen LogP contribution in [0.4, 0.5) is 42.2 Å². The lowest BCUT2D eigenvalue weighted by molar-refractivity contribution is -0.145. The Morgan fingerprint density at radius 1 is 0.958 bits per heavy atom. The average molecular weight is 682 g/mol. The number of ether oxygens (including phenoxy) is 1. The molecule has 2 atom stereocenters. The Morgan fingerprint density at radius 3 is 2.15 bits per heavy atom. The van der Waals surface area contributed by atoms with Crippen LogP contribution in [0.3, 0.4) is 0 Å². The Bertz CT molecular complexity index is 1620.